The molecule has 31 heavy (non-hydrogen) atoms. The highest BCUT2D eigenvalue weighted by Crippen LogP contribution is 2.20. The lowest BCUT2D eigenvalue weighted by Gasteiger charge is -2.24. The molecule has 162 valence electrons. The Labute approximate surface area is 185 Å². The molecule has 0 aromatic heterocycles. The summed E-state index contributed by atoms with van der Waals surface area (Å²) in [6.07, 6.45) is 0. The van der Waals surface area contributed by atoms with Crippen molar-refractivity contribution in [1.82, 2.24) is 9.21 Å². The van der Waals surface area contributed by atoms with Gasteiger partial charge in [-0.2, -0.15) is 4.31 Å². The third-order valence-electron chi connectivity index (χ3n) is 5.14. The molecule has 0 saturated carbocycles. The molecule has 0 fully saturated rings. The molecular weight excluding hydrogens is 408 g/mol. The summed E-state index contributed by atoms with van der Waals surface area (Å²) in [4.78, 5) is 15.3. The number of hydrogen-bond acceptors (Lipinski definition) is 3. The molecule has 0 heterocycles. The number of rotatable bonds is 9. The summed E-state index contributed by atoms with van der Waals surface area (Å²) in [7, 11) is -3.64. The molecule has 3 aromatic carbocycles. The van der Waals surface area contributed by atoms with Crippen molar-refractivity contribution < 1.29 is 13.2 Å². The predicted octanol–water partition coefficient (Wildman–Crippen LogP) is 4.56. The summed E-state index contributed by atoms with van der Waals surface area (Å²) in [5.74, 6) is -0.204. The van der Waals surface area contributed by atoms with E-state index in [1.807, 2.05) is 60.7 Å². The Morgan fingerprint density at radius 3 is 1.74 bits per heavy atom. The minimum Gasteiger partial charge on any atom is -0.330 e. The van der Waals surface area contributed by atoms with Gasteiger partial charge in [0.2, 0.25) is 10.0 Å². The lowest BCUT2D eigenvalue weighted by atomic mass is 10.1. The van der Waals surface area contributed by atoms with Crippen molar-refractivity contribution in [2.75, 3.05) is 13.1 Å². The second-order valence-electron chi connectivity index (χ2n) is 7.25. The van der Waals surface area contributed by atoms with E-state index < -0.39 is 10.0 Å². The first-order chi connectivity index (χ1) is 15.0. The molecule has 0 aliphatic heterocycles. The van der Waals surface area contributed by atoms with Crippen LogP contribution in [0.3, 0.4) is 0 Å². The maximum atomic E-state index is 13.5. The highest BCUT2D eigenvalue weighted by atomic mass is 32.2. The van der Waals surface area contributed by atoms with Gasteiger partial charge in [0.25, 0.3) is 5.91 Å². The van der Waals surface area contributed by atoms with Gasteiger partial charge in [0.1, 0.15) is 0 Å². The Morgan fingerprint density at radius 2 is 1.26 bits per heavy atom. The third-order valence-corrected chi connectivity index (χ3v) is 7.19. The highest BCUT2D eigenvalue weighted by Gasteiger charge is 2.24. The van der Waals surface area contributed by atoms with E-state index in [9.17, 15) is 13.2 Å². The van der Waals surface area contributed by atoms with Crippen molar-refractivity contribution in [1.29, 1.82) is 0 Å². The number of carbonyl (C=O) groups excluding carboxylic acids is 1. The molecular formula is C25H28N2O3S. The van der Waals surface area contributed by atoms with E-state index in [0.717, 1.165) is 11.1 Å². The quantitative estimate of drug-likeness (QED) is 0.494. The number of carbonyl (C=O) groups is 1. The Morgan fingerprint density at radius 1 is 0.742 bits per heavy atom. The molecule has 0 unspecified atom stereocenters. The molecule has 0 saturated heterocycles. The lowest BCUT2D eigenvalue weighted by Crippen LogP contribution is -2.32. The second-order valence-corrected chi connectivity index (χ2v) is 9.19. The summed E-state index contributed by atoms with van der Waals surface area (Å²) < 4.78 is 27.2. The van der Waals surface area contributed by atoms with Crippen molar-refractivity contribution >= 4 is 15.9 Å². The Bertz CT molecular complexity index is 1050. The zero-order valence-electron chi connectivity index (χ0n) is 17.9. The molecule has 0 aliphatic carbocycles. The molecule has 0 spiro atoms. The summed E-state index contributed by atoms with van der Waals surface area (Å²) in [6, 6.07) is 25.9. The maximum Gasteiger partial charge on any atom is 0.254 e. The first-order valence-electron chi connectivity index (χ1n) is 10.4. The lowest BCUT2D eigenvalue weighted by molar-refractivity contribution is 0.0729. The van der Waals surface area contributed by atoms with Crippen LogP contribution in [0.2, 0.25) is 0 Å². The maximum absolute atomic E-state index is 13.5. The first kappa shape index (κ1) is 22.7. The van der Waals surface area contributed by atoms with Crippen LogP contribution in [0, 0.1) is 0 Å². The predicted molar refractivity (Wildman–Crippen MR) is 123 cm³/mol. The minimum atomic E-state index is -3.64. The molecule has 0 radical (unpaired) electrons. The Kier molecular flexibility index (Phi) is 7.60. The normalized spacial score (nSPS) is 11.5. The summed E-state index contributed by atoms with van der Waals surface area (Å²) >= 11 is 0. The minimum absolute atomic E-state index is 0.140. The van der Waals surface area contributed by atoms with Crippen LogP contribution in [-0.2, 0) is 23.1 Å². The molecule has 0 N–H and O–H groups in total. The van der Waals surface area contributed by atoms with Gasteiger partial charge in [0.15, 0.2) is 0 Å². The fourth-order valence-corrected chi connectivity index (χ4v) is 5.00. The SMILES string of the molecule is CCN(CC)S(=O)(=O)c1cccc(C(=O)N(Cc2ccccc2)Cc2ccccc2)c1. The van der Waals surface area contributed by atoms with Crippen LogP contribution in [0.25, 0.3) is 0 Å². The van der Waals surface area contributed by atoms with Crippen molar-refractivity contribution in [3.63, 3.8) is 0 Å². The fraction of sp³-hybridized carbons (Fsp3) is 0.240. The van der Waals surface area contributed by atoms with E-state index in [2.05, 4.69) is 0 Å². The zero-order chi connectivity index (χ0) is 22.3. The molecule has 0 aliphatic rings. The van der Waals surface area contributed by atoms with E-state index in [4.69, 9.17) is 0 Å². The van der Waals surface area contributed by atoms with Crippen molar-refractivity contribution in [3.05, 3.63) is 102 Å². The summed E-state index contributed by atoms with van der Waals surface area (Å²) in [5, 5.41) is 0. The summed E-state index contributed by atoms with van der Waals surface area (Å²) in [6.45, 7) is 5.23. The number of amides is 1. The zero-order valence-corrected chi connectivity index (χ0v) is 18.8. The van der Waals surface area contributed by atoms with Crippen LogP contribution in [0.5, 0.6) is 0 Å². The van der Waals surface area contributed by atoms with E-state index in [-0.39, 0.29) is 10.8 Å². The topological polar surface area (TPSA) is 57.7 Å². The van der Waals surface area contributed by atoms with Gasteiger partial charge in [-0.05, 0) is 29.3 Å². The van der Waals surface area contributed by atoms with Crippen LogP contribution >= 0.6 is 0 Å². The average molecular weight is 437 g/mol. The van der Waals surface area contributed by atoms with Gasteiger partial charge < -0.3 is 4.90 Å². The van der Waals surface area contributed by atoms with Gasteiger partial charge in [-0.15, -0.1) is 0 Å². The van der Waals surface area contributed by atoms with Crippen LogP contribution in [0.15, 0.2) is 89.8 Å². The molecule has 3 rings (SSSR count). The van der Waals surface area contributed by atoms with Gasteiger partial charge >= 0.3 is 0 Å². The highest BCUT2D eigenvalue weighted by molar-refractivity contribution is 7.89. The van der Waals surface area contributed by atoms with Gasteiger partial charge in [-0.1, -0.05) is 80.6 Å². The van der Waals surface area contributed by atoms with E-state index in [0.29, 0.717) is 31.7 Å². The van der Waals surface area contributed by atoms with Gasteiger partial charge in [-0.25, -0.2) is 8.42 Å². The standard InChI is InChI=1S/C25H28N2O3S/c1-3-27(4-2)31(29,30)24-17-11-16-23(18-24)25(28)26(19-21-12-7-5-8-13-21)20-22-14-9-6-10-15-22/h5-18H,3-4,19-20H2,1-2H3. The number of benzene rings is 3. The summed E-state index contributed by atoms with van der Waals surface area (Å²) in [5.41, 5.74) is 2.39. The Hall–Kier alpha value is -2.96. The van der Waals surface area contributed by atoms with Crippen LogP contribution in [0.1, 0.15) is 35.3 Å². The van der Waals surface area contributed by atoms with E-state index >= 15 is 0 Å². The second kappa shape index (κ2) is 10.4. The van der Waals surface area contributed by atoms with Crippen LogP contribution in [-0.4, -0.2) is 36.6 Å². The van der Waals surface area contributed by atoms with Gasteiger partial charge in [0, 0.05) is 31.7 Å². The first-order valence-corrected chi connectivity index (χ1v) is 11.9. The number of hydrogen-bond donors (Lipinski definition) is 0. The van der Waals surface area contributed by atoms with Gasteiger partial charge in [0.05, 0.1) is 4.90 Å². The van der Waals surface area contributed by atoms with E-state index in [1.54, 1.807) is 36.9 Å². The Balaban J connectivity index is 1.93. The largest absolute Gasteiger partial charge is 0.330 e. The van der Waals surface area contributed by atoms with Crippen molar-refractivity contribution in [2.45, 2.75) is 31.8 Å². The average Bonchev–Trinajstić information content (AvgIpc) is 2.80. The molecule has 0 bridgehead atoms. The van der Waals surface area contributed by atoms with Crippen molar-refractivity contribution in [3.8, 4) is 0 Å². The molecule has 5 nitrogen and oxygen atoms in total. The third kappa shape index (κ3) is 5.60. The molecule has 3 aromatic rings. The van der Waals surface area contributed by atoms with Crippen molar-refractivity contribution in [2.24, 2.45) is 0 Å². The van der Waals surface area contributed by atoms with E-state index in [1.165, 1.54) is 10.4 Å². The van der Waals surface area contributed by atoms with Crippen LogP contribution < -0.4 is 0 Å². The molecule has 6 heteroatoms. The number of nitrogens with zero attached hydrogens (tertiary/aromatic N) is 2. The van der Waals surface area contributed by atoms with Crippen LogP contribution in [0.4, 0.5) is 0 Å². The molecule has 0 atom stereocenters. The molecule has 1 amide bonds. The fourth-order valence-electron chi connectivity index (χ4n) is 3.49. The monoisotopic (exact) mass is 436 g/mol. The van der Waals surface area contributed by atoms with Gasteiger partial charge in [-0.3, -0.25) is 4.79 Å². The smallest absolute Gasteiger partial charge is 0.254 e. The number of sulfonamides is 1.